The van der Waals surface area contributed by atoms with E-state index in [2.05, 4.69) is 26.3 Å². The standard InChI is InChI=1S/C16H20ClN5S/c1-20-7-6-15(19-20)18-16(23)22-10-8-21(9-11-22)12-13-4-2-3-5-14(13)17/h2-7H,8-12H2,1H3,(H,18,19,23). The van der Waals surface area contributed by atoms with Gasteiger partial charge in [0.05, 0.1) is 0 Å². The molecule has 0 unspecified atom stereocenters. The lowest BCUT2D eigenvalue weighted by Gasteiger charge is -2.36. The summed E-state index contributed by atoms with van der Waals surface area (Å²) in [6.07, 6.45) is 1.90. The predicted molar refractivity (Wildman–Crippen MR) is 97.7 cm³/mol. The lowest BCUT2D eigenvalue weighted by atomic mass is 10.2. The van der Waals surface area contributed by atoms with Crippen molar-refractivity contribution in [2.45, 2.75) is 6.54 Å². The summed E-state index contributed by atoms with van der Waals surface area (Å²) in [5.74, 6) is 0.788. The monoisotopic (exact) mass is 349 g/mol. The molecule has 1 aliphatic heterocycles. The molecule has 1 aliphatic rings. The molecule has 3 rings (SSSR count). The molecule has 0 saturated carbocycles. The van der Waals surface area contributed by atoms with Crippen LogP contribution in [0.2, 0.25) is 5.02 Å². The quantitative estimate of drug-likeness (QED) is 0.862. The molecule has 2 aromatic rings. The molecular formula is C16H20ClN5S. The van der Waals surface area contributed by atoms with Gasteiger partial charge in [-0.1, -0.05) is 29.8 Å². The van der Waals surface area contributed by atoms with Crippen molar-refractivity contribution in [1.29, 1.82) is 0 Å². The van der Waals surface area contributed by atoms with Gasteiger partial charge in [0.2, 0.25) is 0 Å². The number of thiocarbonyl (C=S) groups is 1. The molecule has 0 amide bonds. The Morgan fingerprint density at radius 1 is 1.22 bits per heavy atom. The van der Waals surface area contributed by atoms with Crippen LogP contribution in [-0.2, 0) is 13.6 Å². The molecule has 122 valence electrons. The van der Waals surface area contributed by atoms with Crippen molar-refractivity contribution in [3.8, 4) is 0 Å². The van der Waals surface area contributed by atoms with Crippen LogP contribution in [0.3, 0.4) is 0 Å². The molecule has 0 aliphatic carbocycles. The Bertz CT molecular complexity index is 679. The summed E-state index contributed by atoms with van der Waals surface area (Å²) in [6.45, 7) is 4.63. The molecule has 1 aromatic carbocycles. The van der Waals surface area contributed by atoms with Gasteiger partial charge in [0.15, 0.2) is 10.9 Å². The van der Waals surface area contributed by atoms with Crippen LogP contribution >= 0.6 is 23.8 Å². The number of hydrogen-bond donors (Lipinski definition) is 1. The van der Waals surface area contributed by atoms with E-state index in [9.17, 15) is 0 Å². The average molecular weight is 350 g/mol. The van der Waals surface area contributed by atoms with E-state index < -0.39 is 0 Å². The SMILES string of the molecule is Cn1ccc(NC(=S)N2CCN(Cc3ccccc3Cl)CC2)n1. The third-order valence-corrected chi connectivity index (χ3v) is 4.69. The fourth-order valence-electron chi connectivity index (χ4n) is 2.65. The average Bonchev–Trinajstić information content (AvgIpc) is 2.95. The molecule has 0 atom stereocenters. The number of halogens is 1. The van der Waals surface area contributed by atoms with Gasteiger partial charge in [0.1, 0.15) is 0 Å². The molecule has 5 nitrogen and oxygen atoms in total. The molecular weight excluding hydrogens is 330 g/mol. The topological polar surface area (TPSA) is 36.3 Å². The van der Waals surface area contributed by atoms with Crippen LogP contribution in [0.15, 0.2) is 36.5 Å². The van der Waals surface area contributed by atoms with Gasteiger partial charge in [0, 0.05) is 57.1 Å². The lowest BCUT2D eigenvalue weighted by Crippen LogP contribution is -2.49. The highest BCUT2D eigenvalue weighted by atomic mass is 35.5. The first-order chi connectivity index (χ1) is 11.1. The maximum absolute atomic E-state index is 6.24. The molecule has 1 fully saturated rings. The van der Waals surface area contributed by atoms with Crippen molar-refractivity contribution < 1.29 is 0 Å². The molecule has 23 heavy (non-hydrogen) atoms. The Kier molecular flexibility index (Phi) is 5.15. The summed E-state index contributed by atoms with van der Waals surface area (Å²) in [5, 5.41) is 9.06. The van der Waals surface area contributed by atoms with Crippen molar-refractivity contribution in [3.63, 3.8) is 0 Å². The number of anilines is 1. The first-order valence-corrected chi connectivity index (χ1v) is 8.42. The zero-order valence-corrected chi connectivity index (χ0v) is 14.6. The minimum Gasteiger partial charge on any atom is -0.346 e. The number of benzene rings is 1. The van der Waals surface area contributed by atoms with Crippen LogP contribution in [0.5, 0.6) is 0 Å². The maximum Gasteiger partial charge on any atom is 0.174 e. The number of rotatable bonds is 3. The minimum absolute atomic E-state index is 0.737. The first kappa shape index (κ1) is 16.2. The lowest BCUT2D eigenvalue weighted by molar-refractivity contribution is 0.177. The summed E-state index contributed by atoms with van der Waals surface area (Å²) in [5.41, 5.74) is 1.18. The first-order valence-electron chi connectivity index (χ1n) is 7.63. The largest absolute Gasteiger partial charge is 0.346 e. The summed E-state index contributed by atoms with van der Waals surface area (Å²) in [4.78, 5) is 4.59. The second-order valence-electron chi connectivity index (χ2n) is 5.66. The smallest absolute Gasteiger partial charge is 0.174 e. The second-order valence-corrected chi connectivity index (χ2v) is 6.45. The van der Waals surface area contributed by atoms with E-state index in [1.807, 2.05) is 37.5 Å². The van der Waals surface area contributed by atoms with Gasteiger partial charge in [-0.25, -0.2) is 0 Å². The van der Waals surface area contributed by atoms with E-state index in [4.69, 9.17) is 23.8 Å². The van der Waals surface area contributed by atoms with E-state index in [1.54, 1.807) is 4.68 Å². The molecule has 0 spiro atoms. The molecule has 7 heteroatoms. The van der Waals surface area contributed by atoms with Crippen molar-refractivity contribution >= 4 is 34.7 Å². The molecule has 1 saturated heterocycles. The van der Waals surface area contributed by atoms with Gasteiger partial charge in [-0.2, -0.15) is 5.10 Å². The van der Waals surface area contributed by atoms with Gasteiger partial charge in [0.25, 0.3) is 0 Å². The summed E-state index contributed by atoms with van der Waals surface area (Å²) in [6, 6.07) is 9.94. The number of nitrogens with one attached hydrogen (secondary N) is 1. The van der Waals surface area contributed by atoms with Crippen molar-refractivity contribution in [2.24, 2.45) is 7.05 Å². The van der Waals surface area contributed by atoms with E-state index >= 15 is 0 Å². The normalized spacial score (nSPS) is 15.7. The van der Waals surface area contributed by atoms with Crippen LogP contribution < -0.4 is 5.32 Å². The summed E-state index contributed by atoms with van der Waals surface area (Å²) < 4.78 is 1.76. The van der Waals surface area contributed by atoms with E-state index in [0.717, 1.165) is 48.7 Å². The number of hydrogen-bond acceptors (Lipinski definition) is 3. The predicted octanol–water partition coefficient (Wildman–Crippen LogP) is 2.59. The van der Waals surface area contributed by atoms with Gasteiger partial charge in [-0.05, 0) is 23.8 Å². The minimum atomic E-state index is 0.737. The number of aromatic nitrogens is 2. The van der Waals surface area contributed by atoms with Crippen molar-refractivity contribution in [1.82, 2.24) is 19.6 Å². The zero-order valence-electron chi connectivity index (χ0n) is 13.1. The number of aryl methyl sites for hydroxylation is 1. The van der Waals surface area contributed by atoms with E-state index in [1.165, 1.54) is 5.56 Å². The van der Waals surface area contributed by atoms with E-state index in [-0.39, 0.29) is 0 Å². The zero-order chi connectivity index (χ0) is 16.2. The Morgan fingerprint density at radius 3 is 2.61 bits per heavy atom. The second kappa shape index (κ2) is 7.29. The number of piperazine rings is 1. The van der Waals surface area contributed by atoms with Crippen LogP contribution in [0, 0.1) is 0 Å². The van der Waals surface area contributed by atoms with Gasteiger partial charge < -0.3 is 10.2 Å². The Morgan fingerprint density at radius 2 is 1.96 bits per heavy atom. The highest BCUT2D eigenvalue weighted by Crippen LogP contribution is 2.18. The maximum atomic E-state index is 6.24. The molecule has 0 bridgehead atoms. The molecule has 2 heterocycles. The van der Waals surface area contributed by atoms with Crippen LogP contribution in [0.4, 0.5) is 5.82 Å². The summed E-state index contributed by atoms with van der Waals surface area (Å²) >= 11 is 11.7. The fourth-order valence-corrected chi connectivity index (χ4v) is 3.13. The summed E-state index contributed by atoms with van der Waals surface area (Å²) in [7, 11) is 1.89. The van der Waals surface area contributed by atoms with Crippen molar-refractivity contribution in [3.05, 3.63) is 47.1 Å². The highest BCUT2D eigenvalue weighted by molar-refractivity contribution is 7.80. The highest BCUT2D eigenvalue weighted by Gasteiger charge is 2.19. The van der Waals surface area contributed by atoms with Crippen molar-refractivity contribution in [2.75, 3.05) is 31.5 Å². The molecule has 0 radical (unpaired) electrons. The molecule has 1 aromatic heterocycles. The van der Waals surface area contributed by atoms with E-state index in [0.29, 0.717) is 0 Å². The van der Waals surface area contributed by atoms with Gasteiger partial charge >= 0.3 is 0 Å². The Balaban J connectivity index is 1.50. The van der Waals surface area contributed by atoms with Crippen LogP contribution in [-0.4, -0.2) is 50.9 Å². The number of nitrogens with zero attached hydrogens (tertiary/aromatic N) is 4. The third-order valence-electron chi connectivity index (χ3n) is 3.96. The Hall–Kier alpha value is -1.63. The van der Waals surface area contributed by atoms with Gasteiger partial charge in [-0.15, -0.1) is 0 Å². The third kappa shape index (κ3) is 4.22. The molecule has 1 N–H and O–H groups in total. The van der Waals surface area contributed by atoms with Crippen LogP contribution in [0.1, 0.15) is 5.56 Å². The van der Waals surface area contributed by atoms with Gasteiger partial charge in [-0.3, -0.25) is 9.58 Å². The Labute approximate surface area is 146 Å². The van der Waals surface area contributed by atoms with Crippen LogP contribution in [0.25, 0.3) is 0 Å². The fraction of sp³-hybridized carbons (Fsp3) is 0.375.